The Morgan fingerprint density at radius 3 is 2.52 bits per heavy atom. The maximum absolute atomic E-state index is 13.1. The molecule has 4 rings (SSSR count). The van der Waals surface area contributed by atoms with Crippen LogP contribution in [0.25, 0.3) is 23.1 Å². The zero-order valence-corrected chi connectivity index (χ0v) is 18.1. The van der Waals surface area contributed by atoms with Gasteiger partial charge in [0.05, 0.1) is 11.2 Å². The second kappa shape index (κ2) is 8.83. The fraction of sp³-hybridized carbons (Fsp3) is 0.292. The molecule has 0 saturated carbocycles. The van der Waals surface area contributed by atoms with Gasteiger partial charge in [0, 0.05) is 44.7 Å². The van der Waals surface area contributed by atoms with Crippen LogP contribution in [0.3, 0.4) is 0 Å². The molecule has 1 saturated heterocycles. The number of carbonyl (C=O) groups excluding carboxylic acids is 2. The van der Waals surface area contributed by atoms with E-state index in [1.54, 1.807) is 11.8 Å². The van der Waals surface area contributed by atoms with E-state index in [1.165, 1.54) is 0 Å². The van der Waals surface area contributed by atoms with Gasteiger partial charge in [0.25, 0.3) is 5.91 Å². The quantitative estimate of drug-likeness (QED) is 0.691. The van der Waals surface area contributed by atoms with Crippen molar-refractivity contribution in [2.24, 2.45) is 0 Å². The molecule has 1 aliphatic heterocycles. The van der Waals surface area contributed by atoms with E-state index in [-0.39, 0.29) is 11.7 Å². The van der Waals surface area contributed by atoms with Gasteiger partial charge in [-0.05, 0) is 36.8 Å². The number of hydrogen-bond acceptors (Lipinski definition) is 5. The van der Waals surface area contributed by atoms with Crippen LogP contribution in [0.2, 0.25) is 0 Å². The Bertz CT molecular complexity index is 1120. The van der Waals surface area contributed by atoms with Crippen molar-refractivity contribution in [3.8, 4) is 0 Å². The molecule has 3 aromatic rings. The van der Waals surface area contributed by atoms with Crippen LogP contribution < -0.4 is 0 Å². The van der Waals surface area contributed by atoms with Gasteiger partial charge >= 0.3 is 0 Å². The summed E-state index contributed by atoms with van der Waals surface area (Å²) < 4.78 is 0. The van der Waals surface area contributed by atoms with Gasteiger partial charge in [-0.25, -0.2) is 10.0 Å². The van der Waals surface area contributed by atoms with Crippen molar-refractivity contribution in [1.82, 2.24) is 25.1 Å². The van der Waals surface area contributed by atoms with E-state index >= 15 is 0 Å². The fourth-order valence-corrected chi connectivity index (χ4v) is 3.91. The number of aromatic nitrogens is 2. The Balaban J connectivity index is 1.48. The summed E-state index contributed by atoms with van der Waals surface area (Å²) in [4.78, 5) is 27.0. The number of Topliss-reactive ketones (excluding diaryl/α,β-unsaturated/α-hetero) is 1. The van der Waals surface area contributed by atoms with Crippen molar-refractivity contribution < 1.29 is 9.59 Å². The molecule has 1 N–H and O–H groups in total. The van der Waals surface area contributed by atoms with Gasteiger partial charge < -0.3 is 4.90 Å². The molecule has 1 amide bonds. The molecule has 1 unspecified atom stereocenters. The van der Waals surface area contributed by atoms with E-state index in [4.69, 9.17) is 0 Å². The first kappa shape index (κ1) is 21.0. The number of nitrogens with zero attached hydrogens (tertiary/aromatic N) is 4. The average Bonchev–Trinajstić information content (AvgIpc) is 3.20. The van der Waals surface area contributed by atoms with Crippen molar-refractivity contribution in [1.29, 1.82) is 0 Å². The van der Waals surface area contributed by atoms with Gasteiger partial charge in [-0.3, -0.25) is 14.7 Å². The SMILES string of the molecule is CC(=O)C1CN(N(C)C)CCN1C(=O)c1ccc(C=Cc2n[nH]c3ccccc23)cc1. The maximum atomic E-state index is 13.1. The highest BCUT2D eigenvalue weighted by molar-refractivity contribution is 5.98. The summed E-state index contributed by atoms with van der Waals surface area (Å²) in [5.41, 5.74) is 3.44. The number of amides is 1. The maximum Gasteiger partial charge on any atom is 0.254 e. The second-order valence-corrected chi connectivity index (χ2v) is 7.99. The monoisotopic (exact) mass is 417 g/mol. The van der Waals surface area contributed by atoms with Crippen molar-refractivity contribution in [2.45, 2.75) is 13.0 Å². The Labute approximate surface area is 181 Å². The molecular weight excluding hydrogens is 390 g/mol. The third-order valence-corrected chi connectivity index (χ3v) is 5.75. The summed E-state index contributed by atoms with van der Waals surface area (Å²) in [5, 5.41) is 12.5. The molecule has 2 aromatic carbocycles. The zero-order chi connectivity index (χ0) is 22.0. The summed E-state index contributed by atoms with van der Waals surface area (Å²) in [5.74, 6) is -0.0990. The van der Waals surface area contributed by atoms with E-state index in [0.29, 0.717) is 25.2 Å². The molecule has 1 atom stereocenters. The molecule has 1 fully saturated rings. The summed E-state index contributed by atoms with van der Waals surface area (Å²) >= 11 is 0. The van der Waals surface area contributed by atoms with Crippen LogP contribution in [0, 0.1) is 0 Å². The first-order valence-corrected chi connectivity index (χ1v) is 10.4. The number of fused-ring (bicyclic) bond motifs is 1. The van der Waals surface area contributed by atoms with Gasteiger partial charge in [0.15, 0.2) is 5.78 Å². The molecule has 0 spiro atoms. The van der Waals surface area contributed by atoms with E-state index in [2.05, 4.69) is 15.2 Å². The Kier molecular flexibility index (Phi) is 5.97. The fourth-order valence-electron chi connectivity index (χ4n) is 3.91. The number of nitrogens with one attached hydrogen (secondary N) is 1. The number of para-hydroxylation sites is 1. The Hall–Kier alpha value is -3.29. The molecular formula is C24H27N5O2. The normalized spacial score (nSPS) is 17.7. The lowest BCUT2D eigenvalue weighted by Gasteiger charge is -2.42. The summed E-state index contributed by atoms with van der Waals surface area (Å²) in [6, 6.07) is 15.0. The smallest absolute Gasteiger partial charge is 0.254 e. The van der Waals surface area contributed by atoms with E-state index in [0.717, 1.165) is 22.2 Å². The minimum Gasteiger partial charge on any atom is -0.326 e. The lowest BCUT2D eigenvalue weighted by molar-refractivity contribution is -0.127. The minimum absolute atomic E-state index is 0.00526. The average molecular weight is 418 g/mol. The number of hydrazine groups is 1. The van der Waals surface area contributed by atoms with Gasteiger partial charge in [0.1, 0.15) is 6.04 Å². The number of hydrogen-bond donors (Lipinski definition) is 1. The first-order valence-electron chi connectivity index (χ1n) is 10.4. The third kappa shape index (κ3) is 4.42. The highest BCUT2D eigenvalue weighted by Gasteiger charge is 2.34. The molecule has 1 aliphatic rings. The summed E-state index contributed by atoms with van der Waals surface area (Å²) in [6.45, 7) is 3.30. The molecule has 0 radical (unpaired) electrons. The molecule has 0 bridgehead atoms. The van der Waals surface area contributed by atoms with Crippen molar-refractivity contribution in [3.05, 3.63) is 65.4 Å². The zero-order valence-electron chi connectivity index (χ0n) is 18.1. The lowest BCUT2D eigenvalue weighted by Crippen LogP contribution is -2.60. The second-order valence-electron chi connectivity index (χ2n) is 7.99. The summed E-state index contributed by atoms with van der Waals surface area (Å²) in [7, 11) is 3.90. The molecule has 1 aromatic heterocycles. The van der Waals surface area contributed by atoms with Crippen LogP contribution in [-0.2, 0) is 4.79 Å². The van der Waals surface area contributed by atoms with Gasteiger partial charge in [-0.15, -0.1) is 0 Å². The van der Waals surface area contributed by atoms with Crippen molar-refractivity contribution >= 4 is 34.7 Å². The lowest BCUT2D eigenvalue weighted by atomic mass is 10.1. The van der Waals surface area contributed by atoms with Crippen LogP contribution in [0.4, 0.5) is 0 Å². The third-order valence-electron chi connectivity index (χ3n) is 5.75. The molecule has 7 nitrogen and oxygen atoms in total. The van der Waals surface area contributed by atoms with Crippen molar-refractivity contribution in [3.63, 3.8) is 0 Å². The van der Waals surface area contributed by atoms with Gasteiger partial charge in [-0.2, -0.15) is 5.10 Å². The van der Waals surface area contributed by atoms with E-state index < -0.39 is 6.04 Å². The largest absolute Gasteiger partial charge is 0.326 e. The highest BCUT2D eigenvalue weighted by Crippen LogP contribution is 2.19. The van der Waals surface area contributed by atoms with Crippen molar-refractivity contribution in [2.75, 3.05) is 33.7 Å². The van der Waals surface area contributed by atoms with Crippen LogP contribution in [0.1, 0.15) is 28.5 Å². The minimum atomic E-state index is -0.434. The Morgan fingerprint density at radius 1 is 1.06 bits per heavy atom. The number of H-pyrrole nitrogens is 1. The van der Waals surface area contributed by atoms with Gasteiger partial charge in [-0.1, -0.05) is 36.4 Å². The number of ketones is 1. The molecule has 2 heterocycles. The van der Waals surface area contributed by atoms with Crippen LogP contribution >= 0.6 is 0 Å². The van der Waals surface area contributed by atoms with E-state index in [9.17, 15) is 9.59 Å². The van der Waals surface area contributed by atoms with Crippen LogP contribution in [0.15, 0.2) is 48.5 Å². The van der Waals surface area contributed by atoms with Gasteiger partial charge in [0.2, 0.25) is 0 Å². The number of carbonyl (C=O) groups is 2. The molecule has 160 valence electrons. The predicted octanol–water partition coefficient (Wildman–Crippen LogP) is 2.93. The highest BCUT2D eigenvalue weighted by atomic mass is 16.2. The standard InChI is InChI=1S/C24H27N5O2/c1-17(30)23-16-28(27(2)3)14-15-29(23)24(31)19-11-8-18(9-12-19)10-13-22-20-6-4-5-7-21(20)25-26-22/h4-13,23H,14-16H2,1-3H3,(H,25,26). The van der Waals surface area contributed by atoms with E-state index in [1.807, 2.05) is 79.8 Å². The van der Waals surface area contributed by atoms with Crippen LogP contribution in [0.5, 0.6) is 0 Å². The molecule has 31 heavy (non-hydrogen) atoms. The number of benzene rings is 2. The predicted molar refractivity (Wildman–Crippen MR) is 122 cm³/mol. The van der Waals surface area contributed by atoms with Crippen LogP contribution in [-0.4, -0.2) is 76.6 Å². The number of rotatable bonds is 5. The molecule has 7 heteroatoms. The topological polar surface area (TPSA) is 72.5 Å². The first-order chi connectivity index (χ1) is 14.9. The number of aromatic amines is 1. The summed E-state index contributed by atoms with van der Waals surface area (Å²) in [6.07, 6.45) is 3.94. The Morgan fingerprint density at radius 2 is 1.81 bits per heavy atom. The number of piperazine rings is 1. The molecule has 0 aliphatic carbocycles.